The molecule has 170 valence electrons. The van der Waals surface area contributed by atoms with Gasteiger partial charge >= 0.3 is 0 Å². The van der Waals surface area contributed by atoms with Gasteiger partial charge in [0.1, 0.15) is 5.75 Å². The fourth-order valence-electron chi connectivity index (χ4n) is 5.69. The molecule has 1 aromatic carbocycles. The van der Waals surface area contributed by atoms with Gasteiger partial charge in [0.2, 0.25) is 0 Å². The van der Waals surface area contributed by atoms with Crippen LogP contribution in [0.5, 0.6) is 11.5 Å². The summed E-state index contributed by atoms with van der Waals surface area (Å²) in [5, 5.41) is 12.0. The zero-order valence-electron chi connectivity index (χ0n) is 19.9. The van der Waals surface area contributed by atoms with Crippen molar-refractivity contribution in [3.8, 4) is 11.5 Å². The summed E-state index contributed by atoms with van der Waals surface area (Å²) in [6.07, 6.45) is 4.86. The lowest BCUT2D eigenvalue weighted by molar-refractivity contribution is -0.224. The minimum Gasteiger partial charge on any atom is -0.541 e. The third-order valence-electron chi connectivity index (χ3n) is 8.40. The summed E-state index contributed by atoms with van der Waals surface area (Å²) in [5.41, 5.74) is 2.05. The smallest absolute Gasteiger partial charge is 0.250 e. The van der Waals surface area contributed by atoms with E-state index in [-0.39, 0.29) is 17.1 Å². The zero-order valence-corrected chi connectivity index (χ0v) is 20.9. The number of ether oxygens (including phenoxy) is 2. The second-order valence-electron chi connectivity index (χ2n) is 11.1. The van der Waals surface area contributed by atoms with Crippen molar-refractivity contribution in [1.82, 2.24) is 0 Å². The van der Waals surface area contributed by atoms with Crippen molar-refractivity contribution < 1.29 is 19.0 Å². The maximum Gasteiger partial charge on any atom is 0.250 e. The van der Waals surface area contributed by atoms with Crippen LogP contribution in [0.1, 0.15) is 45.6 Å². The molecule has 6 atom stereocenters. The predicted molar refractivity (Wildman–Crippen MR) is 127 cm³/mol. The van der Waals surface area contributed by atoms with Crippen molar-refractivity contribution in [2.75, 3.05) is 7.11 Å². The highest BCUT2D eigenvalue weighted by Crippen LogP contribution is 2.63. The quantitative estimate of drug-likeness (QED) is 0.447. The molecule has 31 heavy (non-hydrogen) atoms. The maximum absolute atomic E-state index is 12.0. The van der Waals surface area contributed by atoms with Crippen molar-refractivity contribution in [2.24, 2.45) is 23.7 Å². The van der Waals surface area contributed by atoms with Gasteiger partial charge in [-0.3, -0.25) is 0 Å². The Hall–Kier alpha value is -1.56. The molecule has 2 saturated carbocycles. The number of methoxy groups -OCH3 is 1. The molecule has 1 aliphatic heterocycles. The molecule has 4 nitrogen and oxygen atoms in total. The van der Waals surface area contributed by atoms with Gasteiger partial charge in [0.05, 0.1) is 13.2 Å². The van der Waals surface area contributed by atoms with E-state index < -0.39 is 14.1 Å². The van der Waals surface area contributed by atoms with E-state index >= 15 is 0 Å². The van der Waals surface area contributed by atoms with Crippen LogP contribution in [-0.4, -0.2) is 26.6 Å². The van der Waals surface area contributed by atoms with E-state index in [4.69, 9.17) is 13.9 Å². The van der Waals surface area contributed by atoms with Gasteiger partial charge in [-0.25, -0.2) is 0 Å². The first-order valence-corrected chi connectivity index (χ1v) is 14.4. The predicted octanol–water partition coefficient (Wildman–Crippen LogP) is 6.03. The number of allylic oxidation sites excluding steroid dienone is 2. The Balaban J connectivity index is 1.73. The van der Waals surface area contributed by atoms with Crippen molar-refractivity contribution >= 4 is 8.32 Å². The first-order chi connectivity index (χ1) is 14.4. The third kappa shape index (κ3) is 3.49. The van der Waals surface area contributed by atoms with Crippen molar-refractivity contribution in [3.63, 3.8) is 0 Å². The molecule has 0 bridgehead atoms. The second-order valence-corrected chi connectivity index (χ2v) is 15.8. The molecule has 4 rings (SSSR count). The Bertz CT molecular complexity index is 886. The summed E-state index contributed by atoms with van der Waals surface area (Å²) >= 11 is 0. The van der Waals surface area contributed by atoms with Crippen LogP contribution in [-0.2, 0) is 10.5 Å². The molecule has 5 heteroatoms. The monoisotopic (exact) mass is 442 g/mol. The molecule has 1 unspecified atom stereocenters. The molecule has 1 heterocycles. The van der Waals surface area contributed by atoms with Gasteiger partial charge in [-0.15, -0.1) is 6.58 Å². The summed E-state index contributed by atoms with van der Waals surface area (Å²) in [6.45, 7) is 19.5. The molecule has 0 radical (unpaired) electrons. The Morgan fingerprint density at radius 3 is 2.58 bits per heavy atom. The number of hydrogen-bond donors (Lipinski definition) is 1. The van der Waals surface area contributed by atoms with E-state index in [1.807, 2.05) is 18.2 Å². The Kier molecular flexibility index (Phi) is 5.47. The second kappa shape index (κ2) is 7.50. The zero-order chi connectivity index (χ0) is 22.8. The van der Waals surface area contributed by atoms with Gasteiger partial charge < -0.3 is 19.0 Å². The minimum atomic E-state index is -2.08. The molecular weight excluding hydrogens is 404 g/mol. The molecule has 0 spiro atoms. The summed E-state index contributed by atoms with van der Waals surface area (Å²) in [4.78, 5) is 0. The fraction of sp³-hybridized carbons (Fsp3) is 0.615. The van der Waals surface area contributed by atoms with Crippen LogP contribution in [0.25, 0.3) is 0 Å². The average Bonchev–Trinajstić information content (AvgIpc) is 3.22. The van der Waals surface area contributed by atoms with Gasteiger partial charge in [-0.2, -0.15) is 0 Å². The summed E-state index contributed by atoms with van der Waals surface area (Å²) in [7, 11) is -0.424. The maximum atomic E-state index is 12.0. The van der Waals surface area contributed by atoms with Crippen LogP contribution < -0.4 is 9.16 Å². The molecule has 1 saturated heterocycles. The van der Waals surface area contributed by atoms with Gasteiger partial charge in [0.25, 0.3) is 8.32 Å². The normalized spacial score (nSPS) is 35.1. The van der Waals surface area contributed by atoms with Crippen molar-refractivity contribution in [2.45, 2.75) is 70.1 Å². The van der Waals surface area contributed by atoms with Crippen LogP contribution in [0.15, 0.2) is 43.0 Å². The highest BCUT2D eigenvalue weighted by atomic mass is 28.4. The van der Waals surface area contributed by atoms with E-state index in [9.17, 15) is 5.11 Å². The molecular formula is C26H38O4Si. The molecule has 3 aliphatic rings. The third-order valence-corrected chi connectivity index (χ3v) is 12.7. The first kappa shape index (κ1) is 22.6. The fourth-order valence-corrected chi connectivity index (χ4v) is 6.71. The van der Waals surface area contributed by atoms with Crippen molar-refractivity contribution in [3.05, 3.63) is 48.6 Å². The molecule has 3 fully saturated rings. The van der Waals surface area contributed by atoms with Crippen molar-refractivity contribution in [1.29, 1.82) is 0 Å². The lowest BCUT2D eigenvalue weighted by atomic mass is 9.71. The highest BCUT2D eigenvalue weighted by molar-refractivity contribution is 6.74. The van der Waals surface area contributed by atoms with E-state index in [1.165, 1.54) is 5.57 Å². The summed E-state index contributed by atoms with van der Waals surface area (Å²) in [6, 6.07) is 5.78. The van der Waals surface area contributed by atoms with Gasteiger partial charge in [0, 0.05) is 17.4 Å². The summed E-state index contributed by atoms with van der Waals surface area (Å²) < 4.78 is 18.7. The van der Waals surface area contributed by atoms with Crippen LogP contribution in [0.4, 0.5) is 0 Å². The number of rotatable bonds is 5. The highest BCUT2D eigenvalue weighted by Gasteiger charge is 2.63. The molecule has 0 aromatic heterocycles. The van der Waals surface area contributed by atoms with Crippen LogP contribution in [0.2, 0.25) is 18.1 Å². The molecule has 0 amide bonds. The Morgan fingerprint density at radius 2 is 1.97 bits per heavy atom. The van der Waals surface area contributed by atoms with Gasteiger partial charge in [0.15, 0.2) is 11.5 Å². The lowest BCUT2D eigenvalue weighted by Gasteiger charge is -2.37. The van der Waals surface area contributed by atoms with Gasteiger partial charge in [-0.05, 0) is 67.4 Å². The molecule has 2 aliphatic carbocycles. The van der Waals surface area contributed by atoms with E-state index in [0.29, 0.717) is 29.3 Å². The lowest BCUT2D eigenvalue weighted by Crippen LogP contribution is -2.44. The van der Waals surface area contributed by atoms with Gasteiger partial charge in [-0.1, -0.05) is 39.0 Å². The molecule has 1 aromatic rings. The number of aliphatic hydroxyl groups is 1. The Morgan fingerprint density at radius 1 is 1.26 bits per heavy atom. The van der Waals surface area contributed by atoms with Crippen LogP contribution in [0, 0.1) is 23.7 Å². The number of benzene rings is 1. The van der Waals surface area contributed by atoms with E-state index in [1.54, 1.807) is 7.11 Å². The average molecular weight is 443 g/mol. The Labute approximate surface area is 188 Å². The largest absolute Gasteiger partial charge is 0.541 e. The number of hydrogen-bond acceptors (Lipinski definition) is 4. The molecule has 1 N–H and O–H groups in total. The topological polar surface area (TPSA) is 47.9 Å². The van der Waals surface area contributed by atoms with E-state index in [0.717, 1.165) is 24.8 Å². The first-order valence-electron chi connectivity index (χ1n) is 11.5. The van der Waals surface area contributed by atoms with Crippen LogP contribution in [0.3, 0.4) is 0 Å². The SMILES string of the molecule is C=C[C@@H]1C[C@@H]2[C@@H]3[C@H]1C(=C)CC[C@@H]3OC2(O)c1ccc(OC)c(O[Si](C)(C)C(C)(C)C)c1. The minimum absolute atomic E-state index is 0.0247. The summed E-state index contributed by atoms with van der Waals surface area (Å²) in [5.74, 6) is 1.08. The standard InChI is InChI=1S/C26H38O4Si/c1-9-17-14-19-24-21(12-10-16(2)23(17)24)29-26(19,27)18-11-13-20(28-6)22(15-18)30-31(7,8)25(3,4)5/h9,11,13,15,17,19,21,23-24,27H,1-2,10,12,14H2,3-8H3/t17-,19-,21+,23+,24+,26?/m1/s1. The van der Waals surface area contributed by atoms with E-state index in [2.05, 4.69) is 53.1 Å². The van der Waals surface area contributed by atoms with Crippen LogP contribution >= 0.6 is 0 Å².